The van der Waals surface area contributed by atoms with E-state index >= 15 is 0 Å². The number of hydrogen-bond acceptors (Lipinski definition) is 6. The number of fused-ring (bicyclic) bond motifs is 1. The van der Waals surface area contributed by atoms with Crippen LogP contribution in [0.5, 0.6) is 0 Å². The van der Waals surface area contributed by atoms with Gasteiger partial charge >= 0.3 is 0 Å². The topological polar surface area (TPSA) is 89.5 Å². The number of nitrogens with two attached hydrogens (primary N) is 1. The standard InChI is InChI=1S/C12H18N6O/c13-17-10-7-18-5-4-15-12(18)11(16-10)14-3-1-9-2-6-19-8-9/h4-5,7,9,17H,1-3,6,8,13H2,(H,14,16). The van der Waals surface area contributed by atoms with Crippen molar-refractivity contribution in [2.45, 2.75) is 12.8 Å². The van der Waals surface area contributed by atoms with Crippen LogP contribution in [0.2, 0.25) is 0 Å². The number of rotatable bonds is 5. The van der Waals surface area contributed by atoms with E-state index in [1.54, 1.807) is 12.4 Å². The summed E-state index contributed by atoms with van der Waals surface area (Å²) >= 11 is 0. The highest BCUT2D eigenvalue weighted by Crippen LogP contribution is 2.18. The third-order valence-electron chi connectivity index (χ3n) is 3.39. The molecule has 1 unspecified atom stereocenters. The lowest BCUT2D eigenvalue weighted by atomic mass is 10.1. The molecule has 0 radical (unpaired) electrons. The molecule has 0 spiro atoms. The van der Waals surface area contributed by atoms with Crippen LogP contribution in [0.25, 0.3) is 5.65 Å². The lowest BCUT2D eigenvalue weighted by molar-refractivity contribution is 0.185. The Kier molecular flexibility index (Phi) is 3.47. The number of anilines is 2. The smallest absolute Gasteiger partial charge is 0.180 e. The van der Waals surface area contributed by atoms with Crippen molar-refractivity contribution in [1.29, 1.82) is 0 Å². The van der Waals surface area contributed by atoms with Crippen molar-refractivity contribution in [2.75, 3.05) is 30.5 Å². The predicted molar refractivity (Wildman–Crippen MR) is 72.8 cm³/mol. The Bertz CT molecular complexity index is 548. The zero-order chi connectivity index (χ0) is 13.1. The summed E-state index contributed by atoms with van der Waals surface area (Å²) in [6, 6.07) is 0. The van der Waals surface area contributed by atoms with Gasteiger partial charge in [0.1, 0.15) is 0 Å². The van der Waals surface area contributed by atoms with Crippen molar-refractivity contribution < 1.29 is 4.74 Å². The van der Waals surface area contributed by atoms with Gasteiger partial charge < -0.3 is 19.9 Å². The van der Waals surface area contributed by atoms with Gasteiger partial charge in [-0.25, -0.2) is 15.8 Å². The summed E-state index contributed by atoms with van der Waals surface area (Å²) in [5.41, 5.74) is 3.37. The second-order valence-corrected chi connectivity index (χ2v) is 4.72. The summed E-state index contributed by atoms with van der Waals surface area (Å²) in [6.45, 7) is 2.62. The van der Waals surface area contributed by atoms with Crippen molar-refractivity contribution >= 4 is 17.3 Å². The Morgan fingerprint density at radius 1 is 1.53 bits per heavy atom. The van der Waals surface area contributed by atoms with Crippen LogP contribution in [0, 0.1) is 5.92 Å². The highest BCUT2D eigenvalue weighted by atomic mass is 16.5. The van der Waals surface area contributed by atoms with Crippen LogP contribution in [-0.2, 0) is 4.74 Å². The molecule has 4 N–H and O–H groups in total. The maximum Gasteiger partial charge on any atom is 0.180 e. The quantitative estimate of drug-likeness (QED) is 0.547. The van der Waals surface area contributed by atoms with E-state index in [2.05, 4.69) is 20.7 Å². The number of hydrazine groups is 1. The van der Waals surface area contributed by atoms with Gasteiger partial charge in [0.15, 0.2) is 17.3 Å². The van der Waals surface area contributed by atoms with E-state index in [4.69, 9.17) is 10.6 Å². The molecular weight excluding hydrogens is 244 g/mol. The van der Waals surface area contributed by atoms with Crippen molar-refractivity contribution in [2.24, 2.45) is 11.8 Å². The molecule has 7 heteroatoms. The first kappa shape index (κ1) is 12.2. The number of hydrogen-bond donors (Lipinski definition) is 3. The summed E-state index contributed by atoms with van der Waals surface area (Å²) < 4.78 is 7.26. The van der Waals surface area contributed by atoms with Gasteiger partial charge in [0.2, 0.25) is 0 Å². The minimum Gasteiger partial charge on any atom is -0.381 e. The lowest BCUT2D eigenvalue weighted by Gasteiger charge is -2.11. The van der Waals surface area contributed by atoms with E-state index in [0.717, 1.165) is 44.1 Å². The van der Waals surface area contributed by atoms with Gasteiger partial charge in [-0.15, -0.1) is 0 Å². The second kappa shape index (κ2) is 5.41. The van der Waals surface area contributed by atoms with Crippen LogP contribution >= 0.6 is 0 Å². The van der Waals surface area contributed by atoms with Crippen molar-refractivity contribution in [3.63, 3.8) is 0 Å². The van der Waals surface area contributed by atoms with Gasteiger partial charge in [-0.05, 0) is 18.8 Å². The zero-order valence-corrected chi connectivity index (χ0v) is 10.7. The van der Waals surface area contributed by atoms with Gasteiger partial charge in [0, 0.05) is 32.2 Å². The van der Waals surface area contributed by atoms with Gasteiger partial charge in [0.05, 0.1) is 6.20 Å². The summed E-state index contributed by atoms with van der Waals surface area (Å²) in [5, 5.41) is 3.33. The molecule has 2 aromatic rings. The zero-order valence-electron chi connectivity index (χ0n) is 10.7. The average Bonchev–Trinajstić information content (AvgIpc) is 3.08. The molecule has 19 heavy (non-hydrogen) atoms. The fraction of sp³-hybridized carbons (Fsp3) is 0.500. The SMILES string of the molecule is NNc1cn2ccnc2c(NCCC2CCOC2)n1. The molecule has 3 heterocycles. The molecule has 2 aromatic heterocycles. The Labute approximate surface area is 111 Å². The number of aromatic nitrogens is 3. The van der Waals surface area contributed by atoms with Crippen LogP contribution in [0.15, 0.2) is 18.6 Å². The Balaban J connectivity index is 1.70. The molecule has 1 fully saturated rings. The van der Waals surface area contributed by atoms with Gasteiger partial charge in [-0.2, -0.15) is 0 Å². The van der Waals surface area contributed by atoms with Crippen LogP contribution in [0.1, 0.15) is 12.8 Å². The molecule has 0 bridgehead atoms. The molecule has 3 rings (SSSR count). The van der Waals surface area contributed by atoms with Crippen LogP contribution in [-0.4, -0.2) is 34.1 Å². The van der Waals surface area contributed by atoms with E-state index in [9.17, 15) is 0 Å². The largest absolute Gasteiger partial charge is 0.381 e. The van der Waals surface area contributed by atoms with Crippen molar-refractivity contribution in [3.8, 4) is 0 Å². The van der Waals surface area contributed by atoms with E-state index < -0.39 is 0 Å². The van der Waals surface area contributed by atoms with Crippen LogP contribution < -0.4 is 16.6 Å². The fourth-order valence-electron chi connectivity index (χ4n) is 2.33. The highest BCUT2D eigenvalue weighted by Gasteiger charge is 2.15. The Morgan fingerprint density at radius 3 is 3.26 bits per heavy atom. The molecule has 7 nitrogen and oxygen atoms in total. The Morgan fingerprint density at radius 2 is 2.47 bits per heavy atom. The minimum absolute atomic E-state index is 0.609. The number of ether oxygens (including phenoxy) is 1. The average molecular weight is 262 g/mol. The maximum absolute atomic E-state index is 5.42. The van der Waals surface area contributed by atoms with Gasteiger partial charge in [0.25, 0.3) is 0 Å². The van der Waals surface area contributed by atoms with E-state index in [0.29, 0.717) is 11.7 Å². The summed E-state index contributed by atoms with van der Waals surface area (Å²) in [7, 11) is 0. The molecule has 0 saturated carbocycles. The van der Waals surface area contributed by atoms with Crippen LogP contribution in [0.4, 0.5) is 11.6 Å². The van der Waals surface area contributed by atoms with E-state index in [1.807, 2.05) is 10.6 Å². The molecule has 0 aliphatic carbocycles. The fourth-order valence-corrected chi connectivity index (χ4v) is 2.33. The van der Waals surface area contributed by atoms with Crippen LogP contribution in [0.3, 0.4) is 0 Å². The molecule has 0 aromatic carbocycles. The van der Waals surface area contributed by atoms with Gasteiger partial charge in [-0.1, -0.05) is 0 Å². The number of nitrogens with zero attached hydrogens (tertiary/aromatic N) is 3. The first-order valence-corrected chi connectivity index (χ1v) is 6.49. The monoisotopic (exact) mass is 262 g/mol. The summed E-state index contributed by atoms with van der Waals surface area (Å²) in [4.78, 5) is 8.68. The van der Waals surface area contributed by atoms with Crippen molar-refractivity contribution in [1.82, 2.24) is 14.4 Å². The molecule has 1 aliphatic heterocycles. The molecule has 102 valence electrons. The summed E-state index contributed by atoms with van der Waals surface area (Å²) in [6.07, 6.45) is 7.65. The summed E-state index contributed by atoms with van der Waals surface area (Å²) in [5.74, 6) is 7.43. The molecule has 0 amide bonds. The predicted octanol–water partition coefficient (Wildman–Crippen LogP) is 0.853. The third kappa shape index (κ3) is 2.61. The normalized spacial score (nSPS) is 18.9. The first-order valence-electron chi connectivity index (χ1n) is 6.49. The molecular formula is C12H18N6O. The van der Waals surface area contributed by atoms with Crippen molar-refractivity contribution in [3.05, 3.63) is 18.6 Å². The number of nitrogens with one attached hydrogen (secondary N) is 2. The van der Waals surface area contributed by atoms with Gasteiger partial charge in [-0.3, -0.25) is 0 Å². The lowest BCUT2D eigenvalue weighted by Crippen LogP contribution is -2.14. The Hall–Kier alpha value is -1.86. The second-order valence-electron chi connectivity index (χ2n) is 4.72. The van der Waals surface area contributed by atoms with E-state index in [-0.39, 0.29) is 0 Å². The molecule has 1 atom stereocenters. The number of nitrogen functional groups attached to an aromatic ring is 1. The molecule has 1 aliphatic rings. The maximum atomic E-state index is 5.42. The van der Waals surface area contributed by atoms with E-state index in [1.165, 1.54) is 0 Å². The third-order valence-corrected chi connectivity index (χ3v) is 3.39. The number of imidazole rings is 1. The minimum atomic E-state index is 0.609. The highest BCUT2D eigenvalue weighted by molar-refractivity contribution is 5.65. The molecule has 1 saturated heterocycles. The first-order chi connectivity index (χ1) is 9.36.